The standard InChI is InChI=1S/C19H15F3O5/c20-19(21,22)16-15(27-18(24)13-9-5-2-6-10-13)14(11-25-16)26-17(23)12-7-3-1-4-8-12/h1-10,14-16H,11H2. The van der Waals surface area contributed by atoms with Gasteiger partial charge in [-0.05, 0) is 24.3 Å². The largest absolute Gasteiger partial charge is 0.452 e. The molecule has 3 rings (SSSR count). The summed E-state index contributed by atoms with van der Waals surface area (Å²) in [4.78, 5) is 24.3. The van der Waals surface area contributed by atoms with Crippen molar-refractivity contribution < 1.29 is 37.0 Å². The minimum Gasteiger partial charge on any atom is -0.452 e. The molecular formula is C19H15F3O5. The molecule has 1 fully saturated rings. The van der Waals surface area contributed by atoms with E-state index in [1.807, 2.05) is 0 Å². The van der Waals surface area contributed by atoms with E-state index in [1.54, 1.807) is 36.4 Å². The van der Waals surface area contributed by atoms with Crippen LogP contribution in [0, 0.1) is 0 Å². The highest BCUT2D eigenvalue weighted by Crippen LogP contribution is 2.34. The van der Waals surface area contributed by atoms with Crippen molar-refractivity contribution in [3.05, 3.63) is 71.8 Å². The van der Waals surface area contributed by atoms with E-state index < -0.39 is 43.0 Å². The summed E-state index contributed by atoms with van der Waals surface area (Å²) in [7, 11) is 0. The van der Waals surface area contributed by atoms with Crippen LogP contribution in [0.1, 0.15) is 20.7 Å². The maximum absolute atomic E-state index is 13.2. The van der Waals surface area contributed by atoms with Crippen molar-refractivity contribution in [3.63, 3.8) is 0 Å². The van der Waals surface area contributed by atoms with Crippen LogP contribution >= 0.6 is 0 Å². The summed E-state index contributed by atoms with van der Waals surface area (Å²) < 4.78 is 54.6. The highest BCUT2D eigenvalue weighted by Gasteiger charge is 2.56. The van der Waals surface area contributed by atoms with Gasteiger partial charge in [0.05, 0.1) is 17.7 Å². The number of carbonyl (C=O) groups excluding carboxylic acids is 2. The second kappa shape index (κ2) is 7.79. The fourth-order valence-electron chi connectivity index (χ4n) is 2.65. The Hall–Kier alpha value is -2.87. The molecule has 0 bridgehead atoms. The zero-order chi connectivity index (χ0) is 19.4. The molecule has 0 aromatic heterocycles. The Kier molecular flexibility index (Phi) is 5.46. The number of hydrogen-bond acceptors (Lipinski definition) is 5. The Morgan fingerprint density at radius 1 is 0.852 bits per heavy atom. The van der Waals surface area contributed by atoms with Gasteiger partial charge >= 0.3 is 18.1 Å². The minimum atomic E-state index is -4.78. The lowest BCUT2D eigenvalue weighted by atomic mass is 10.1. The van der Waals surface area contributed by atoms with Gasteiger partial charge in [-0.1, -0.05) is 36.4 Å². The van der Waals surface area contributed by atoms with Gasteiger partial charge in [0.1, 0.15) is 0 Å². The molecule has 1 aliphatic heterocycles. The number of alkyl halides is 3. The fraction of sp³-hybridized carbons (Fsp3) is 0.263. The van der Waals surface area contributed by atoms with Crippen LogP contribution in [0.25, 0.3) is 0 Å². The lowest BCUT2D eigenvalue weighted by Gasteiger charge is -2.24. The number of halogens is 3. The first-order chi connectivity index (χ1) is 12.9. The number of esters is 2. The highest BCUT2D eigenvalue weighted by atomic mass is 19.4. The molecule has 1 aliphatic rings. The lowest BCUT2D eigenvalue weighted by Crippen LogP contribution is -2.44. The predicted molar refractivity (Wildman–Crippen MR) is 87.1 cm³/mol. The molecule has 5 nitrogen and oxygen atoms in total. The molecule has 0 saturated carbocycles. The van der Waals surface area contributed by atoms with Gasteiger partial charge in [0.15, 0.2) is 18.3 Å². The van der Waals surface area contributed by atoms with Crippen LogP contribution in [0.4, 0.5) is 13.2 Å². The van der Waals surface area contributed by atoms with Crippen LogP contribution in [0.15, 0.2) is 60.7 Å². The zero-order valence-corrected chi connectivity index (χ0v) is 13.9. The van der Waals surface area contributed by atoms with Gasteiger partial charge in [-0.2, -0.15) is 13.2 Å². The average Bonchev–Trinajstić information content (AvgIpc) is 3.05. The monoisotopic (exact) mass is 380 g/mol. The van der Waals surface area contributed by atoms with E-state index >= 15 is 0 Å². The van der Waals surface area contributed by atoms with Gasteiger partial charge in [0, 0.05) is 0 Å². The molecule has 3 atom stereocenters. The van der Waals surface area contributed by atoms with Crippen LogP contribution in [0.5, 0.6) is 0 Å². The summed E-state index contributed by atoms with van der Waals surface area (Å²) in [5.74, 6) is -1.78. The topological polar surface area (TPSA) is 61.8 Å². The third kappa shape index (κ3) is 4.46. The van der Waals surface area contributed by atoms with Crippen molar-refractivity contribution in [1.82, 2.24) is 0 Å². The van der Waals surface area contributed by atoms with Gasteiger partial charge in [0.2, 0.25) is 0 Å². The molecule has 1 saturated heterocycles. The van der Waals surface area contributed by atoms with Crippen molar-refractivity contribution in [3.8, 4) is 0 Å². The molecule has 0 amide bonds. The Morgan fingerprint density at radius 3 is 1.81 bits per heavy atom. The molecule has 2 aromatic carbocycles. The van der Waals surface area contributed by atoms with E-state index in [-0.39, 0.29) is 11.1 Å². The molecule has 8 heteroatoms. The number of benzene rings is 2. The van der Waals surface area contributed by atoms with Crippen LogP contribution < -0.4 is 0 Å². The van der Waals surface area contributed by atoms with Crippen molar-refractivity contribution >= 4 is 11.9 Å². The summed E-state index contributed by atoms with van der Waals surface area (Å²) in [5, 5.41) is 0. The molecule has 0 N–H and O–H groups in total. The molecule has 1 heterocycles. The third-order valence-corrected chi connectivity index (χ3v) is 3.95. The molecule has 3 unspecified atom stereocenters. The van der Waals surface area contributed by atoms with E-state index in [4.69, 9.17) is 14.2 Å². The van der Waals surface area contributed by atoms with Crippen molar-refractivity contribution in [2.45, 2.75) is 24.5 Å². The van der Waals surface area contributed by atoms with Gasteiger partial charge in [0.25, 0.3) is 0 Å². The number of hydrogen-bond donors (Lipinski definition) is 0. The molecule has 2 aromatic rings. The van der Waals surface area contributed by atoms with E-state index in [9.17, 15) is 22.8 Å². The van der Waals surface area contributed by atoms with Crippen molar-refractivity contribution in [2.75, 3.05) is 6.61 Å². The minimum absolute atomic E-state index is 0.0819. The van der Waals surface area contributed by atoms with Gasteiger partial charge in [-0.3, -0.25) is 0 Å². The molecular weight excluding hydrogens is 365 g/mol. The maximum atomic E-state index is 13.2. The third-order valence-electron chi connectivity index (χ3n) is 3.95. The van der Waals surface area contributed by atoms with Gasteiger partial charge in [-0.15, -0.1) is 0 Å². The first kappa shape index (κ1) is 18.9. The van der Waals surface area contributed by atoms with Crippen LogP contribution in [-0.4, -0.2) is 43.0 Å². The Bertz CT molecular complexity index is 792. The number of rotatable bonds is 4. The first-order valence-corrected chi connectivity index (χ1v) is 8.06. The Balaban J connectivity index is 1.78. The van der Waals surface area contributed by atoms with E-state index in [0.717, 1.165) is 0 Å². The maximum Gasteiger partial charge on any atom is 0.418 e. The average molecular weight is 380 g/mol. The molecule has 0 spiro atoms. The van der Waals surface area contributed by atoms with Crippen LogP contribution in [0.3, 0.4) is 0 Å². The highest BCUT2D eigenvalue weighted by molar-refractivity contribution is 5.90. The van der Waals surface area contributed by atoms with Gasteiger partial charge < -0.3 is 14.2 Å². The molecule has 0 aliphatic carbocycles. The lowest BCUT2D eigenvalue weighted by molar-refractivity contribution is -0.225. The summed E-state index contributed by atoms with van der Waals surface area (Å²) in [6.45, 7) is -0.532. The molecule has 142 valence electrons. The molecule has 27 heavy (non-hydrogen) atoms. The molecule has 0 radical (unpaired) electrons. The van der Waals surface area contributed by atoms with Gasteiger partial charge in [-0.25, -0.2) is 9.59 Å². The summed E-state index contributed by atoms with van der Waals surface area (Å²) in [6, 6.07) is 15.4. The first-order valence-electron chi connectivity index (χ1n) is 8.06. The van der Waals surface area contributed by atoms with Crippen LogP contribution in [-0.2, 0) is 14.2 Å². The number of ether oxygens (including phenoxy) is 3. The van der Waals surface area contributed by atoms with E-state index in [1.165, 1.54) is 24.3 Å². The SMILES string of the molecule is O=C(OC1COC(C(F)(F)F)C1OC(=O)c1ccccc1)c1ccccc1. The second-order valence-electron chi connectivity index (χ2n) is 5.84. The Morgan fingerprint density at radius 2 is 1.33 bits per heavy atom. The normalized spacial score (nSPS) is 22.3. The van der Waals surface area contributed by atoms with Crippen LogP contribution in [0.2, 0.25) is 0 Å². The smallest absolute Gasteiger partial charge is 0.418 e. The Labute approximate surface area is 152 Å². The summed E-state index contributed by atoms with van der Waals surface area (Å²) in [5.41, 5.74) is 0.250. The quantitative estimate of drug-likeness (QED) is 0.761. The van der Waals surface area contributed by atoms with Crippen molar-refractivity contribution in [1.29, 1.82) is 0 Å². The second-order valence-corrected chi connectivity index (χ2v) is 5.84. The summed E-state index contributed by atoms with van der Waals surface area (Å²) >= 11 is 0. The fourth-order valence-corrected chi connectivity index (χ4v) is 2.65. The van der Waals surface area contributed by atoms with Crippen molar-refractivity contribution in [2.24, 2.45) is 0 Å². The van der Waals surface area contributed by atoms with E-state index in [0.29, 0.717) is 0 Å². The predicted octanol–water partition coefficient (Wildman–Crippen LogP) is 3.40. The number of carbonyl (C=O) groups is 2. The summed E-state index contributed by atoms with van der Waals surface area (Å²) in [6.07, 6.45) is -10.3. The zero-order valence-electron chi connectivity index (χ0n) is 13.9. The van der Waals surface area contributed by atoms with E-state index in [2.05, 4.69) is 0 Å².